The average Bonchev–Trinajstić information content (AvgIpc) is 2.20. The summed E-state index contributed by atoms with van der Waals surface area (Å²) in [4.78, 5) is 0. The third-order valence-electron chi connectivity index (χ3n) is 3.10. The summed E-state index contributed by atoms with van der Waals surface area (Å²) < 4.78 is 0. The lowest BCUT2D eigenvalue weighted by atomic mass is 9.93. The summed E-state index contributed by atoms with van der Waals surface area (Å²) in [6.07, 6.45) is 9.33. The van der Waals surface area contributed by atoms with Crippen LogP contribution in [0.3, 0.4) is 0 Å². The molecule has 0 heterocycles. The highest BCUT2D eigenvalue weighted by Gasteiger charge is 2.04. The van der Waals surface area contributed by atoms with E-state index in [1.165, 1.54) is 18.4 Å². The van der Waals surface area contributed by atoms with Crippen molar-refractivity contribution in [2.24, 2.45) is 11.7 Å². The summed E-state index contributed by atoms with van der Waals surface area (Å²) in [5.74, 6) is 0.781. The first-order chi connectivity index (χ1) is 7.15. The van der Waals surface area contributed by atoms with Crippen molar-refractivity contribution in [3.8, 4) is 0 Å². The second-order valence-corrected chi connectivity index (χ2v) is 4.29. The van der Waals surface area contributed by atoms with Gasteiger partial charge in [0.2, 0.25) is 0 Å². The molecule has 0 rings (SSSR count). The molecule has 0 unspecified atom stereocenters. The van der Waals surface area contributed by atoms with Gasteiger partial charge >= 0.3 is 0 Å². The highest BCUT2D eigenvalue weighted by Crippen LogP contribution is 2.19. The van der Waals surface area contributed by atoms with Gasteiger partial charge in [-0.15, -0.1) is 0 Å². The minimum Gasteiger partial charge on any atom is -0.327 e. The smallest absolute Gasteiger partial charge is 0.0109 e. The van der Waals surface area contributed by atoms with Gasteiger partial charge in [-0.1, -0.05) is 37.1 Å². The van der Waals surface area contributed by atoms with Crippen molar-refractivity contribution >= 4 is 0 Å². The molecule has 0 aromatic heterocycles. The Morgan fingerprint density at radius 3 is 2.20 bits per heavy atom. The minimum atomic E-state index is 0.668. The number of allylic oxidation sites excluding steroid dienone is 3. The standard InChI is InChI=1S/C14H27N/c1-5-14(6-2)13(4)9-7-8-12(3)10-11-15/h9-10,14H,5-8,11,15H2,1-4H3/b12-10-,13-9?. The fraction of sp³-hybridized carbons (Fsp3) is 0.714. The van der Waals surface area contributed by atoms with Crippen molar-refractivity contribution in [1.82, 2.24) is 0 Å². The minimum absolute atomic E-state index is 0.668. The van der Waals surface area contributed by atoms with Crippen molar-refractivity contribution in [1.29, 1.82) is 0 Å². The first-order valence-electron chi connectivity index (χ1n) is 6.18. The molecule has 88 valence electrons. The molecule has 0 aromatic rings. The number of hydrogen-bond acceptors (Lipinski definition) is 1. The summed E-state index contributed by atoms with van der Waals surface area (Å²) in [6, 6.07) is 0. The Morgan fingerprint density at radius 2 is 1.73 bits per heavy atom. The van der Waals surface area contributed by atoms with Crippen molar-refractivity contribution in [2.75, 3.05) is 6.54 Å². The van der Waals surface area contributed by atoms with Crippen LogP contribution in [0.4, 0.5) is 0 Å². The quantitative estimate of drug-likeness (QED) is 0.629. The van der Waals surface area contributed by atoms with Crippen LogP contribution in [0.15, 0.2) is 23.3 Å². The third-order valence-corrected chi connectivity index (χ3v) is 3.10. The number of nitrogens with two attached hydrogens (primary N) is 1. The van der Waals surface area contributed by atoms with Gasteiger partial charge in [0.25, 0.3) is 0 Å². The molecule has 0 radical (unpaired) electrons. The predicted octanol–water partition coefficient (Wildman–Crippen LogP) is 4.05. The second-order valence-electron chi connectivity index (χ2n) is 4.29. The van der Waals surface area contributed by atoms with E-state index in [-0.39, 0.29) is 0 Å². The normalized spacial score (nSPS) is 13.7. The Kier molecular flexibility index (Phi) is 8.40. The summed E-state index contributed by atoms with van der Waals surface area (Å²) in [5, 5.41) is 0. The van der Waals surface area contributed by atoms with Crippen LogP contribution in [0.2, 0.25) is 0 Å². The van der Waals surface area contributed by atoms with Gasteiger partial charge in [0.1, 0.15) is 0 Å². The van der Waals surface area contributed by atoms with Gasteiger partial charge in [-0.25, -0.2) is 0 Å². The Balaban J connectivity index is 4.00. The van der Waals surface area contributed by atoms with Gasteiger partial charge in [-0.05, 0) is 45.4 Å². The topological polar surface area (TPSA) is 26.0 Å². The monoisotopic (exact) mass is 209 g/mol. The molecule has 0 aromatic carbocycles. The highest BCUT2D eigenvalue weighted by molar-refractivity contribution is 5.06. The van der Waals surface area contributed by atoms with E-state index in [1.54, 1.807) is 5.57 Å². The maximum atomic E-state index is 5.46. The van der Waals surface area contributed by atoms with Gasteiger partial charge in [-0.2, -0.15) is 0 Å². The van der Waals surface area contributed by atoms with E-state index in [2.05, 4.69) is 39.8 Å². The molecule has 1 heteroatoms. The van der Waals surface area contributed by atoms with Crippen LogP contribution < -0.4 is 5.73 Å². The largest absolute Gasteiger partial charge is 0.327 e. The molecule has 0 aliphatic heterocycles. The summed E-state index contributed by atoms with van der Waals surface area (Å²) in [6.45, 7) is 9.63. The molecule has 2 N–H and O–H groups in total. The van der Waals surface area contributed by atoms with Gasteiger partial charge in [0, 0.05) is 6.54 Å². The van der Waals surface area contributed by atoms with E-state index in [4.69, 9.17) is 5.73 Å². The molecule has 0 amide bonds. The molecular weight excluding hydrogens is 182 g/mol. The Bertz CT molecular complexity index is 209. The lowest BCUT2D eigenvalue weighted by Gasteiger charge is -2.12. The van der Waals surface area contributed by atoms with Crippen LogP contribution in [0.1, 0.15) is 53.4 Å². The molecule has 0 atom stereocenters. The van der Waals surface area contributed by atoms with Crippen LogP contribution in [0.5, 0.6) is 0 Å². The van der Waals surface area contributed by atoms with Crippen LogP contribution in [-0.4, -0.2) is 6.54 Å². The van der Waals surface area contributed by atoms with E-state index >= 15 is 0 Å². The van der Waals surface area contributed by atoms with E-state index in [1.807, 2.05) is 0 Å². The Hall–Kier alpha value is -0.560. The maximum absolute atomic E-state index is 5.46. The molecule has 0 spiro atoms. The van der Waals surface area contributed by atoms with Crippen molar-refractivity contribution < 1.29 is 0 Å². The fourth-order valence-corrected chi connectivity index (χ4v) is 1.93. The zero-order valence-electron chi connectivity index (χ0n) is 10.8. The average molecular weight is 209 g/mol. The fourth-order valence-electron chi connectivity index (χ4n) is 1.93. The molecular formula is C14H27N. The molecule has 0 bridgehead atoms. The number of hydrogen-bond donors (Lipinski definition) is 1. The van der Waals surface area contributed by atoms with E-state index in [0.29, 0.717) is 6.54 Å². The lowest BCUT2D eigenvalue weighted by molar-refractivity contribution is 0.569. The molecule has 0 saturated heterocycles. The maximum Gasteiger partial charge on any atom is 0.0109 e. The summed E-state index contributed by atoms with van der Waals surface area (Å²) in [7, 11) is 0. The number of rotatable bonds is 7. The Labute approximate surface area is 95.4 Å². The predicted molar refractivity (Wildman–Crippen MR) is 69.9 cm³/mol. The molecule has 1 nitrogen and oxygen atoms in total. The van der Waals surface area contributed by atoms with Crippen LogP contribution in [-0.2, 0) is 0 Å². The van der Waals surface area contributed by atoms with Crippen LogP contribution in [0.25, 0.3) is 0 Å². The van der Waals surface area contributed by atoms with Gasteiger partial charge in [0.15, 0.2) is 0 Å². The van der Waals surface area contributed by atoms with Gasteiger partial charge in [-0.3, -0.25) is 0 Å². The van der Waals surface area contributed by atoms with Crippen LogP contribution in [0, 0.1) is 5.92 Å². The SMILES string of the molecule is CCC(CC)C(C)=CCC/C(C)=C\CN. The van der Waals surface area contributed by atoms with Crippen molar-refractivity contribution in [3.05, 3.63) is 23.3 Å². The van der Waals surface area contributed by atoms with Crippen LogP contribution >= 0.6 is 0 Å². The third kappa shape index (κ3) is 6.51. The molecule has 15 heavy (non-hydrogen) atoms. The van der Waals surface area contributed by atoms with E-state index in [0.717, 1.165) is 18.8 Å². The zero-order valence-corrected chi connectivity index (χ0v) is 10.8. The molecule has 0 aliphatic rings. The first kappa shape index (κ1) is 14.4. The van der Waals surface area contributed by atoms with Crippen molar-refractivity contribution in [2.45, 2.75) is 53.4 Å². The van der Waals surface area contributed by atoms with E-state index < -0.39 is 0 Å². The summed E-state index contributed by atoms with van der Waals surface area (Å²) in [5.41, 5.74) is 8.42. The lowest BCUT2D eigenvalue weighted by Crippen LogP contribution is -1.98. The second kappa shape index (κ2) is 8.72. The van der Waals surface area contributed by atoms with Crippen molar-refractivity contribution in [3.63, 3.8) is 0 Å². The molecule has 0 fully saturated rings. The van der Waals surface area contributed by atoms with Gasteiger partial charge < -0.3 is 5.73 Å². The molecule has 0 saturated carbocycles. The first-order valence-corrected chi connectivity index (χ1v) is 6.18. The zero-order chi connectivity index (χ0) is 11.7. The van der Waals surface area contributed by atoms with E-state index in [9.17, 15) is 0 Å². The molecule has 0 aliphatic carbocycles. The summed E-state index contributed by atoms with van der Waals surface area (Å²) >= 11 is 0. The van der Waals surface area contributed by atoms with Gasteiger partial charge in [0.05, 0.1) is 0 Å². The highest BCUT2D eigenvalue weighted by atomic mass is 14.5. The Morgan fingerprint density at radius 1 is 1.13 bits per heavy atom.